The molecule has 1 aromatic rings. The van der Waals surface area contributed by atoms with Gasteiger partial charge in [0.2, 0.25) is 0 Å². The van der Waals surface area contributed by atoms with Gasteiger partial charge < -0.3 is 10.1 Å². The lowest BCUT2D eigenvalue weighted by Gasteiger charge is -2.21. The van der Waals surface area contributed by atoms with Crippen molar-refractivity contribution in [2.45, 2.75) is 65.5 Å². The Morgan fingerprint density at radius 1 is 1.33 bits per heavy atom. The fraction of sp³-hybridized carbons (Fsp3) is 0.824. The van der Waals surface area contributed by atoms with E-state index >= 15 is 0 Å². The quantitative estimate of drug-likeness (QED) is 0.680. The van der Waals surface area contributed by atoms with Gasteiger partial charge in [-0.25, -0.2) is 0 Å². The molecule has 4 nitrogen and oxygen atoms in total. The van der Waals surface area contributed by atoms with Gasteiger partial charge in [-0.2, -0.15) is 5.10 Å². The second-order valence-electron chi connectivity index (χ2n) is 6.20. The van der Waals surface area contributed by atoms with Crippen LogP contribution in [0.5, 0.6) is 0 Å². The molecule has 21 heavy (non-hydrogen) atoms. The normalized spacial score (nSPS) is 15.9. The molecule has 1 aromatic heterocycles. The summed E-state index contributed by atoms with van der Waals surface area (Å²) in [7, 11) is 1.78. The maximum absolute atomic E-state index is 5.26. The molecule has 3 unspecified atom stereocenters. The summed E-state index contributed by atoms with van der Waals surface area (Å²) in [4.78, 5) is 0. The summed E-state index contributed by atoms with van der Waals surface area (Å²) < 4.78 is 7.35. The van der Waals surface area contributed by atoms with Crippen molar-refractivity contribution in [1.82, 2.24) is 15.1 Å². The zero-order valence-corrected chi connectivity index (χ0v) is 14.4. The molecular weight excluding hydrogens is 262 g/mol. The summed E-state index contributed by atoms with van der Waals surface area (Å²) in [6.45, 7) is 10.8. The van der Waals surface area contributed by atoms with Crippen LogP contribution < -0.4 is 5.32 Å². The Labute approximate surface area is 130 Å². The van der Waals surface area contributed by atoms with E-state index in [1.807, 2.05) is 0 Å². The van der Waals surface area contributed by atoms with Crippen molar-refractivity contribution in [3.8, 4) is 0 Å². The summed E-state index contributed by atoms with van der Waals surface area (Å²) in [5.74, 6) is 0.570. The summed E-state index contributed by atoms with van der Waals surface area (Å²) in [6, 6.07) is 3.12. The van der Waals surface area contributed by atoms with Crippen LogP contribution in [0.15, 0.2) is 12.3 Å². The molecule has 0 aliphatic rings. The highest BCUT2D eigenvalue weighted by Gasteiger charge is 2.15. The molecule has 0 aliphatic carbocycles. The molecule has 1 N–H and O–H groups in total. The van der Waals surface area contributed by atoms with Gasteiger partial charge in [0.25, 0.3) is 0 Å². The SMILES string of the molecule is CCCNC(Cc1ccn(C(C)CC)n1)CC(C)COC. The van der Waals surface area contributed by atoms with Crippen molar-refractivity contribution in [3.05, 3.63) is 18.0 Å². The van der Waals surface area contributed by atoms with Crippen molar-refractivity contribution in [1.29, 1.82) is 0 Å². The molecule has 0 saturated carbocycles. The van der Waals surface area contributed by atoms with Gasteiger partial charge in [-0.3, -0.25) is 4.68 Å². The number of aromatic nitrogens is 2. The summed E-state index contributed by atoms with van der Waals surface area (Å²) >= 11 is 0. The van der Waals surface area contributed by atoms with Crippen molar-refractivity contribution in [2.24, 2.45) is 5.92 Å². The van der Waals surface area contributed by atoms with Crippen LogP contribution in [-0.4, -0.2) is 36.1 Å². The van der Waals surface area contributed by atoms with E-state index < -0.39 is 0 Å². The highest BCUT2D eigenvalue weighted by atomic mass is 16.5. The first kappa shape index (κ1) is 18.2. The molecule has 0 aliphatic heterocycles. The Bertz CT molecular complexity index is 378. The minimum atomic E-state index is 0.480. The van der Waals surface area contributed by atoms with Gasteiger partial charge >= 0.3 is 0 Å². The third-order valence-electron chi connectivity index (χ3n) is 3.98. The fourth-order valence-electron chi connectivity index (χ4n) is 2.60. The van der Waals surface area contributed by atoms with Gasteiger partial charge in [-0.1, -0.05) is 20.8 Å². The third kappa shape index (κ3) is 6.62. The zero-order valence-electron chi connectivity index (χ0n) is 14.4. The molecule has 0 spiro atoms. The largest absolute Gasteiger partial charge is 0.384 e. The van der Waals surface area contributed by atoms with Gasteiger partial charge in [0.05, 0.1) is 5.69 Å². The van der Waals surface area contributed by atoms with E-state index in [2.05, 4.69) is 50.0 Å². The predicted octanol–water partition coefficient (Wildman–Crippen LogP) is 3.44. The standard InChI is InChI=1S/C17H33N3O/c1-6-9-18-17(11-14(3)13-21-5)12-16-8-10-20(19-16)15(4)7-2/h8,10,14-15,17-18H,6-7,9,11-13H2,1-5H3. The van der Waals surface area contributed by atoms with E-state index in [-0.39, 0.29) is 0 Å². The van der Waals surface area contributed by atoms with E-state index in [9.17, 15) is 0 Å². The van der Waals surface area contributed by atoms with Gasteiger partial charge in [-0.05, 0) is 44.7 Å². The Hall–Kier alpha value is -0.870. The Morgan fingerprint density at radius 3 is 2.71 bits per heavy atom. The van der Waals surface area contributed by atoms with E-state index in [0.29, 0.717) is 18.0 Å². The topological polar surface area (TPSA) is 39.1 Å². The highest BCUT2D eigenvalue weighted by Crippen LogP contribution is 2.14. The van der Waals surface area contributed by atoms with E-state index in [1.165, 1.54) is 5.69 Å². The van der Waals surface area contributed by atoms with Gasteiger partial charge in [0.15, 0.2) is 0 Å². The van der Waals surface area contributed by atoms with Gasteiger partial charge in [0.1, 0.15) is 0 Å². The maximum Gasteiger partial charge on any atom is 0.0640 e. The minimum Gasteiger partial charge on any atom is -0.384 e. The second-order valence-corrected chi connectivity index (χ2v) is 6.20. The van der Waals surface area contributed by atoms with Crippen molar-refractivity contribution < 1.29 is 4.74 Å². The fourth-order valence-corrected chi connectivity index (χ4v) is 2.60. The van der Waals surface area contributed by atoms with Crippen molar-refractivity contribution in [2.75, 3.05) is 20.3 Å². The van der Waals surface area contributed by atoms with Crippen molar-refractivity contribution >= 4 is 0 Å². The van der Waals surface area contributed by atoms with Crippen molar-refractivity contribution in [3.63, 3.8) is 0 Å². The molecule has 4 heteroatoms. The summed E-state index contributed by atoms with van der Waals surface area (Å²) in [6.07, 6.45) is 6.51. The van der Waals surface area contributed by atoms with Crippen LogP contribution in [0.2, 0.25) is 0 Å². The lowest BCUT2D eigenvalue weighted by Crippen LogP contribution is -2.34. The van der Waals surface area contributed by atoms with Crippen LogP contribution in [0.1, 0.15) is 58.7 Å². The number of ether oxygens (including phenoxy) is 1. The molecule has 0 radical (unpaired) electrons. The van der Waals surface area contributed by atoms with E-state index in [1.54, 1.807) is 7.11 Å². The van der Waals surface area contributed by atoms with Crippen LogP contribution in [0.3, 0.4) is 0 Å². The van der Waals surface area contributed by atoms with Crippen LogP contribution in [0.4, 0.5) is 0 Å². The molecule has 0 amide bonds. The molecule has 1 heterocycles. The second kappa shape index (κ2) is 9.96. The number of hydrogen-bond acceptors (Lipinski definition) is 3. The van der Waals surface area contributed by atoms with Crippen LogP contribution >= 0.6 is 0 Å². The Kier molecular flexibility index (Phi) is 8.62. The molecule has 0 saturated heterocycles. The minimum absolute atomic E-state index is 0.480. The highest BCUT2D eigenvalue weighted by molar-refractivity contribution is 5.02. The molecule has 0 aromatic carbocycles. The Balaban J connectivity index is 2.60. The molecule has 1 rings (SSSR count). The molecule has 122 valence electrons. The lowest BCUT2D eigenvalue weighted by atomic mass is 9.99. The molecular formula is C17H33N3O. The van der Waals surface area contributed by atoms with Gasteiger partial charge in [0, 0.05) is 38.4 Å². The molecule has 0 bridgehead atoms. The number of nitrogens with one attached hydrogen (secondary N) is 1. The van der Waals surface area contributed by atoms with Gasteiger partial charge in [-0.15, -0.1) is 0 Å². The first-order chi connectivity index (χ1) is 10.1. The van der Waals surface area contributed by atoms with Crippen LogP contribution in [0, 0.1) is 5.92 Å². The van der Waals surface area contributed by atoms with Crippen LogP contribution in [0.25, 0.3) is 0 Å². The third-order valence-corrected chi connectivity index (χ3v) is 3.98. The first-order valence-electron chi connectivity index (χ1n) is 8.36. The first-order valence-corrected chi connectivity index (χ1v) is 8.36. The average molecular weight is 295 g/mol. The number of hydrogen-bond donors (Lipinski definition) is 1. The Morgan fingerprint density at radius 2 is 2.10 bits per heavy atom. The summed E-state index contributed by atoms with van der Waals surface area (Å²) in [5.41, 5.74) is 1.19. The average Bonchev–Trinajstić information content (AvgIpc) is 2.92. The van der Waals surface area contributed by atoms with E-state index in [0.717, 1.165) is 38.8 Å². The monoisotopic (exact) mass is 295 g/mol. The number of rotatable bonds is 11. The maximum atomic E-state index is 5.26. The number of methoxy groups -OCH3 is 1. The molecule has 3 atom stereocenters. The zero-order chi connectivity index (χ0) is 15.7. The predicted molar refractivity (Wildman–Crippen MR) is 88.7 cm³/mol. The number of nitrogens with zero attached hydrogens (tertiary/aromatic N) is 2. The summed E-state index contributed by atoms with van der Waals surface area (Å²) in [5, 5.41) is 8.38. The van der Waals surface area contributed by atoms with Crippen LogP contribution in [-0.2, 0) is 11.2 Å². The molecule has 0 fully saturated rings. The smallest absolute Gasteiger partial charge is 0.0640 e. The van der Waals surface area contributed by atoms with E-state index in [4.69, 9.17) is 9.84 Å². The lowest BCUT2D eigenvalue weighted by molar-refractivity contribution is 0.149.